The number of benzene rings is 1. The van der Waals surface area contributed by atoms with Crippen LogP contribution in [-0.2, 0) is 15.6 Å². The fraction of sp³-hybridized carbons (Fsp3) is 0.304. The Bertz CT molecular complexity index is 1150. The van der Waals surface area contributed by atoms with Crippen molar-refractivity contribution in [2.45, 2.75) is 25.7 Å². The van der Waals surface area contributed by atoms with Crippen LogP contribution in [0.2, 0.25) is 0 Å². The van der Waals surface area contributed by atoms with Crippen molar-refractivity contribution < 1.29 is 9.00 Å². The molecule has 3 aromatic rings. The van der Waals surface area contributed by atoms with Crippen molar-refractivity contribution in [2.75, 3.05) is 31.2 Å². The lowest BCUT2D eigenvalue weighted by atomic mass is 10.1. The molecule has 0 aliphatic rings. The van der Waals surface area contributed by atoms with Gasteiger partial charge in [0.15, 0.2) is 5.82 Å². The second-order valence-corrected chi connectivity index (χ2v) is 8.26. The monoisotopic (exact) mass is 422 g/mol. The van der Waals surface area contributed by atoms with E-state index >= 15 is 0 Å². The van der Waals surface area contributed by atoms with Crippen LogP contribution in [0.5, 0.6) is 0 Å². The molecule has 2 heterocycles. The molecular weight excluding hydrogens is 396 g/mol. The molecule has 156 valence electrons. The summed E-state index contributed by atoms with van der Waals surface area (Å²) in [6.45, 7) is 8.16. The zero-order chi connectivity index (χ0) is 21.7. The fourth-order valence-corrected chi connectivity index (χ4v) is 3.69. The van der Waals surface area contributed by atoms with Crippen LogP contribution >= 0.6 is 0 Å². The molecule has 1 amide bonds. The summed E-state index contributed by atoms with van der Waals surface area (Å²) in [6, 6.07) is 11.5. The zero-order valence-electron chi connectivity index (χ0n) is 17.7. The molecule has 6 nitrogen and oxygen atoms in total. The van der Waals surface area contributed by atoms with Crippen LogP contribution in [0.4, 0.5) is 5.82 Å². The molecule has 1 atom stereocenters. The van der Waals surface area contributed by atoms with E-state index in [0.29, 0.717) is 23.7 Å². The highest BCUT2D eigenvalue weighted by atomic mass is 32.2. The summed E-state index contributed by atoms with van der Waals surface area (Å²) >= 11 is 0. The van der Waals surface area contributed by atoms with E-state index in [1.807, 2.05) is 47.0 Å². The topological polar surface area (TPSA) is 66.7 Å². The molecule has 0 radical (unpaired) electrons. The summed E-state index contributed by atoms with van der Waals surface area (Å²) in [5.41, 5.74) is 3.25. The number of amides is 1. The maximum Gasteiger partial charge on any atom is 0.222 e. The number of anilines is 1. The van der Waals surface area contributed by atoms with Crippen LogP contribution in [0.15, 0.2) is 47.5 Å². The number of fused-ring (bicyclic) bond motifs is 1. The number of pyridine rings is 1. The van der Waals surface area contributed by atoms with E-state index in [9.17, 15) is 9.00 Å². The lowest BCUT2D eigenvalue weighted by molar-refractivity contribution is -0.114. The average Bonchev–Trinajstić information content (AvgIpc) is 3.07. The van der Waals surface area contributed by atoms with Gasteiger partial charge in [0.05, 0.1) is 6.54 Å². The number of aromatic nitrogens is 2. The molecule has 0 spiro atoms. The zero-order valence-corrected chi connectivity index (χ0v) is 18.5. The number of hydrogen-bond acceptors (Lipinski definition) is 4. The van der Waals surface area contributed by atoms with Gasteiger partial charge < -0.3 is 5.32 Å². The van der Waals surface area contributed by atoms with Crippen LogP contribution in [0.3, 0.4) is 0 Å². The van der Waals surface area contributed by atoms with Crippen LogP contribution in [0.25, 0.3) is 16.8 Å². The summed E-state index contributed by atoms with van der Waals surface area (Å²) in [7, 11) is -1.05. The third-order valence-electron chi connectivity index (χ3n) is 4.82. The molecule has 30 heavy (non-hydrogen) atoms. The maximum absolute atomic E-state index is 11.9. The largest absolute Gasteiger partial charge is 0.309 e. The van der Waals surface area contributed by atoms with Gasteiger partial charge in [-0.15, -0.1) is 0 Å². The first-order valence-electron chi connectivity index (χ1n) is 9.87. The molecule has 0 saturated carbocycles. The minimum absolute atomic E-state index is 0.191. The van der Waals surface area contributed by atoms with Crippen LogP contribution < -0.4 is 5.32 Å². The van der Waals surface area contributed by atoms with Gasteiger partial charge in [-0.1, -0.05) is 31.9 Å². The van der Waals surface area contributed by atoms with Gasteiger partial charge in [-0.3, -0.25) is 18.3 Å². The standard InChI is InChI=1S/C23H26N4O2S/c1-5-26(6-2)14-8-11-21-23(24-17(3)28)25-22-13-12-19(16-27(21)22)18-9-7-10-20(15-18)30(4)29/h7,9-10,12-13,15-16H,5-6,14H2,1-4H3,(H,24,28). The molecule has 0 aliphatic heterocycles. The Balaban J connectivity index is 2.09. The average molecular weight is 423 g/mol. The highest BCUT2D eigenvalue weighted by molar-refractivity contribution is 7.84. The molecule has 0 bridgehead atoms. The second-order valence-electron chi connectivity index (χ2n) is 6.88. The normalized spacial score (nSPS) is 11.9. The molecule has 0 aliphatic carbocycles. The smallest absolute Gasteiger partial charge is 0.222 e. The molecule has 7 heteroatoms. The van der Waals surface area contributed by atoms with Gasteiger partial charge in [-0.05, 0) is 54.4 Å². The Morgan fingerprint density at radius 1 is 1.20 bits per heavy atom. The predicted molar refractivity (Wildman–Crippen MR) is 122 cm³/mol. The van der Waals surface area contributed by atoms with E-state index < -0.39 is 10.8 Å². The molecule has 1 N–H and O–H groups in total. The van der Waals surface area contributed by atoms with Crippen molar-refractivity contribution in [1.82, 2.24) is 14.3 Å². The molecule has 0 fully saturated rings. The van der Waals surface area contributed by atoms with E-state index in [1.54, 1.807) is 6.26 Å². The lowest BCUT2D eigenvalue weighted by Crippen LogP contribution is -2.22. The van der Waals surface area contributed by atoms with Gasteiger partial charge in [0, 0.05) is 35.1 Å². The molecule has 1 aromatic carbocycles. The summed E-state index contributed by atoms with van der Waals surface area (Å²) in [5.74, 6) is 6.66. The summed E-state index contributed by atoms with van der Waals surface area (Å²) in [5, 5.41) is 2.79. The maximum atomic E-state index is 11.9. The molecule has 2 aromatic heterocycles. The first-order chi connectivity index (χ1) is 14.4. The Kier molecular flexibility index (Phi) is 7.03. The number of imidazole rings is 1. The van der Waals surface area contributed by atoms with Crippen molar-refractivity contribution in [1.29, 1.82) is 0 Å². The van der Waals surface area contributed by atoms with Crippen LogP contribution in [0, 0.1) is 11.8 Å². The van der Waals surface area contributed by atoms with E-state index in [-0.39, 0.29) is 5.91 Å². The summed E-state index contributed by atoms with van der Waals surface area (Å²) in [4.78, 5) is 19.2. The van der Waals surface area contributed by atoms with Crippen molar-refractivity contribution in [2.24, 2.45) is 0 Å². The van der Waals surface area contributed by atoms with E-state index in [2.05, 4.69) is 40.9 Å². The number of nitrogens with one attached hydrogen (secondary N) is 1. The summed E-state index contributed by atoms with van der Waals surface area (Å²) < 4.78 is 13.8. The number of nitrogens with zero attached hydrogens (tertiary/aromatic N) is 3. The number of hydrogen-bond donors (Lipinski definition) is 1. The van der Waals surface area contributed by atoms with E-state index in [1.165, 1.54) is 6.92 Å². The Labute approximate surface area is 179 Å². The van der Waals surface area contributed by atoms with Crippen molar-refractivity contribution >= 4 is 28.2 Å². The van der Waals surface area contributed by atoms with Crippen LogP contribution in [-0.4, -0.2) is 50.3 Å². The van der Waals surface area contributed by atoms with E-state index in [0.717, 1.165) is 29.1 Å². The highest BCUT2D eigenvalue weighted by Gasteiger charge is 2.13. The van der Waals surface area contributed by atoms with Gasteiger partial charge in [-0.2, -0.15) is 0 Å². The number of carbonyl (C=O) groups excluding carboxylic acids is 1. The number of carbonyl (C=O) groups is 1. The van der Waals surface area contributed by atoms with Gasteiger partial charge >= 0.3 is 0 Å². The first kappa shape index (κ1) is 21.8. The highest BCUT2D eigenvalue weighted by Crippen LogP contribution is 2.25. The first-order valence-corrected chi connectivity index (χ1v) is 11.4. The third kappa shape index (κ3) is 4.96. The minimum Gasteiger partial charge on any atom is -0.309 e. The van der Waals surface area contributed by atoms with Crippen LogP contribution in [0.1, 0.15) is 26.5 Å². The van der Waals surface area contributed by atoms with E-state index in [4.69, 9.17) is 0 Å². The fourth-order valence-electron chi connectivity index (χ4n) is 3.13. The van der Waals surface area contributed by atoms with Gasteiger partial charge in [0.2, 0.25) is 5.91 Å². The molecule has 0 saturated heterocycles. The lowest BCUT2D eigenvalue weighted by Gasteiger charge is -2.13. The van der Waals surface area contributed by atoms with Crippen molar-refractivity contribution in [3.63, 3.8) is 0 Å². The Hall–Kier alpha value is -2.95. The molecule has 3 rings (SSSR count). The predicted octanol–water partition coefficient (Wildman–Crippen LogP) is 3.39. The SMILES string of the molecule is CCN(CC)CC#Cc1c(NC(C)=O)nc2ccc(-c3cccc(S(C)=O)c3)cn12. The van der Waals surface area contributed by atoms with Gasteiger partial charge in [0.25, 0.3) is 0 Å². The molecule has 1 unspecified atom stereocenters. The molecular formula is C23H26N4O2S. The van der Waals surface area contributed by atoms with Crippen molar-refractivity contribution in [3.8, 4) is 23.0 Å². The minimum atomic E-state index is -1.05. The summed E-state index contributed by atoms with van der Waals surface area (Å²) in [6.07, 6.45) is 3.62. The van der Waals surface area contributed by atoms with Gasteiger partial charge in [-0.25, -0.2) is 4.98 Å². The third-order valence-corrected chi connectivity index (χ3v) is 5.73. The Morgan fingerprint density at radius 2 is 1.97 bits per heavy atom. The quantitative estimate of drug-likeness (QED) is 0.619. The number of rotatable bonds is 6. The second kappa shape index (κ2) is 9.70. The van der Waals surface area contributed by atoms with Crippen molar-refractivity contribution in [3.05, 3.63) is 48.3 Å². The van der Waals surface area contributed by atoms with Gasteiger partial charge in [0.1, 0.15) is 11.3 Å². The Morgan fingerprint density at radius 3 is 2.63 bits per heavy atom.